The maximum atomic E-state index is 10.4. The van der Waals surface area contributed by atoms with Gasteiger partial charge >= 0.3 is 16.4 Å². The summed E-state index contributed by atoms with van der Waals surface area (Å²) in [6, 6.07) is 0. The molecule has 0 atom stereocenters. The van der Waals surface area contributed by atoms with Gasteiger partial charge in [-0.25, -0.2) is 9.93 Å². The molecule has 12 heteroatoms. The number of amides is 1. The number of hydrogen-bond acceptors (Lipinski definition) is 6. The van der Waals surface area contributed by atoms with Crippen molar-refractivity contribution >= 4 is 26.6 Å². The Balaban J connectivity index is 4.36. The summed E-state index contributed by atoms with van der Waals surface area (Å²) >= 11 is 0. The maximum Gasteiger partial charge on any atom is 0.430 e. The molecule has 0 aromatic heterocycles. The second-order valence-electron chi connectivity index (χ2n) is 1.57. The highest BCUT2D eigenvalue weighted by molar-refractivity contribution is 8.01. The third kappa shape index (κ3) is 7.41. The summed E-state index contributed by atoms with van der Waals surface area (Å²) in [6.45, 7) is 0. The van der Waals surface area contributed by atoms with Crippen LogP contribution in [0.1, 0.15) is 0 Å². The van der Waals surface area contributed by atoms with Crippen LogP contribution in [-0.4, -0.2) is 28.0 Å². The number of hydroxylamine groups is 1. The molecule has 1 amide bonds. The monoisotopic (exact) mass is 235 g/mol. The van der Waals surface area contributed by atoms with Crippen LogP contribution in [0.15, 0.2) is 0 Å². The van der Waals surface area contributed by atoms with Crippen molar-refractivity contribution in [3.63, 3.8) is 0 Å². The van der Waals surface area contributed by atoms with Gasteiger partial charge < -0.3 is 5.11 Å². The van der Waals surface area contributed by atoms with Crippen molar-refractivity contribution in [2.75, 3.05) is 0 Å². The summed E-state index contributed by atoms with van der Waals surface area (Å²) in [5.74, 6) is 0. The fourth-order valence-corrected chi connectivity index (χ4v) is 1.70. The Morgan fingerprint density at radius 1 is 1.31 bits per heavy atom. The van der Waals surface area contributed by atoms with Crippen LogP contribution in [0, 0.1) is 0 Å². The molecular weight excluding hydrogens is 230 g/mol. The molecule has 5 N–H and O–H groups in total. The molecule has 13 heavy (non-hydrogen) atoms. The number of carboxylic acid groups (broad SMARTS) is 1. The molecule has 0 saturated carbocycles. The van der Waals surface area contributed by atoms with Gasteiger partial charge in [-0.3, -0.25) is 0 Å². The molecule has 0 unspecified atom stereocenters. The van der Waals surface area contributed by atoms with Gasteiger partial charge in [0.25, 0.3) is 10.2 Å². The summed E-state index contributed by atoms with van der Waals surface area (Å²) < 4.78 is 45.4. The van der Waals surface area contributed by atoms with Crippen LogP contribution < -0.4 is 14.7 Å². The Bertz CT molecular complexity index is 378. The van der Waals surface area contributed by atoms with Crippen LogP contribution >= 0.6 is 0 Å². The summed E-state index contributed by atoms with van der Waals surface area (Å²) in [6.07, 6.45) is -1.82. The van der Waals surface area contributed by atoms with Crippen molar-refractivity contribution in [2.24, 2.45) is 5.14 Å². The Kier molecular flexibility index (Phi) is 3.56. The lowest BCUT2D eigenvalue weighted by Gasteiger charge is -2.02. The normalized spacial score (nSPS) is 12.4. The van der Waals surface area contributed by atoms with E-state index < -0.39 is 26.6 Å². The molecule has 0 heterocycles. The molecule has 0 saturated heterocycles. The first-order valence-corrected chi connectivity index (χ1v) is 5.31. The molecule has 0 radical (unpaired) electrons. The van der Waals surface area contributed by atoms with E-state index in [-0.39, 0.29) is 0 Å². The average Bonchev–Trinajstić information content (AvgIpc) is 1.78. The SMILES string of the molecule is NS(=O)(=O)NS(=O)(=O)ONC(=O)O. The van der Waals surface area contributed by atoms with Crippen molar-refractivity contribution < 1.29 is 31.0 Å². The third-order valence-corrected chi connectivity index (χ3v) is 2.51. The highest BCUT2D eigenvalue weighted by Crippen LogP contribution is 1.84. The Labute approximate surface area is 73.1 Å². The van der Waals surface area contributed by atoms with Gasteiger partial charge in [-0.05, 0) is 0 Å². The molecule has 0 aromatic rings. The number of carbonyl (C=O) groups is 1. The number of nitrogens with two attached hydrogens (primary N) is 1. The molecule has 0 spiro atoms. The lowest BCUT2D eigenvalue weighted by Crippen LogP contribution is -2.40. The van der Waals surface area contributed by atoms with Crippen molar-refractivity contribution in [2.45, 2.75) is 0 Å². The zero-order chi connectivity index (χ0) is 10.7. The molecular formula is CH5N3O7S2. The van der Waals surface area contributed by atoms with Crippen LogP contribution in [0.25, 0.3) is 0 Å². The van der Waals surface area contributed by atoms with Gasteiger partial charge in [-0.15, -0.1) is 4.28 Å². The standard InChI is InChI=1S/CH5N3O7S2/c2-12(7,8)4-13(9,10)11-3-1(5)6/h3-4H,(H,5,6)(H2,2,7,8). The molecule has 0 rings (SSSR count). The van der Waals surface area contributed by atoms with Crippen LogP contribution in [0.3, 0.4) is 0 Å². The number of hydrogen-bond donors (Lipinski definition) is 4. The summed E-state index contributed by atoms with van der Waals surface area (Å²) in [5.41, 5.74) is 0.955. The number of nitrogens with one attached hydrogen (secondary N) is 2. The molecule has 10 nitrogen and oxygen atoms in total. The summed E-state index contributed by atoms with van der Waals surface area (Å²) in [4.78, 5) is 9.70. The highest BCUT2D eigenvalue weighted by atomic mass is 32.3. The van der Waals surface area contributed by atoms with E-state index >= 15 is 0 Å². The predicted molar refractivity (Wildman–Crippen MR) is 37.4 cm³/mol. The fraction of sp³-hybridized carbons (Fsp3) is 0. The topological polar surface area (TPSA) is 165 Å². The summed E-state index contributed by atoms with van der Waals surface area (Å²) in [5, 5.41) is 12.1. The molecule has 78 valence electrons. The largest absolute Gasteiger partial charge is 0.464 e. The van der Waals surface area contributed by atoms with Crippen LogP contribution in [0.4, 0.5) is 4.79 Å². The minimum Gasteiger partial charge on any atom is -0.464 e. The highest BCUT2D eigenvalue weighted by Gasteiger charge is 2.18. The van der Waals surface area contributed by atoms with Gasteiger partial charge in [0.2, 0.25) is 0 Å². The van der Waals surface area contributed by atoms with Crippen molar-refractivity contribution in [3.8, 4) is 0 Å². The molecule has 0 fully saturated rings. The molecule has 0 aromatic carbocycles. The van der Waals surface area contributed by atoms with Gasteiger partial charge in [0.05, 0.1) is 0 Å². The molecule has 0 aliphatic carbocycles. The fourth-order valence-electron chi connectivity index (χ4n) is 0.250. The van der Waals surface area contributed by atoms with Crippen LogP contribution in [-0.2, 0) is 24.8 Å². The van der Waals surface area contributed by atoms with Crippen LogP contribution in [0.5, 0.6) is 0 Å². The van der Waals surface area contributed by atoms with Gasteiger partial charge in [0, 0.05) is 0 Å². The van der Waals surface area contributed by atoms with Gasteiger partial charge in [0.1, 0.15) is 0 Å². The minimum atomic E-state index is -4.79. The van der Waals surface area contributed by atoms with Crippen molar-refractivity contribution in [1.82, 2.24) is 9.61 Å². The lowest BCUT2D eigenvalue weighted by molar-refractivity contribution is 0.138. The number of rotatable bonds is 4. The zero-order valence-corrected chi connectivity index (χ0v) is 7.42. The second kappa shape index (κ2) is 3.84. The quantitative estimate of drug-likeness (QED) is 0.382. The van der Waals surface area contributed by atoms with Crippen molar-refractivity contribution in [3.05, 3.63) is 0 Å². The van der Waals surface area contributed by atoms with E-state index in [1.807, 2.05) is 0 Å². The maximum absolute atomic E-state index is 10.4. The van der Waals surface area contributed by atoms with E-state index in [0.29, 0.717) is 0 Å². The Morgan fingerprint density at radius 2 is 1.77 bits per heavy atom. The van der Waals surface area contributed by atoms with Crippen molar-refractivity contribution in [1.29, 1.82) is 0 Å². The van der Waals surface area contributed by atoms with Gasteiger partial charge in [0.15, 0.2) is 0 Å². The summed E-state index contributed by atoms with van der Waals surface area (Å²) in [7, 11) is -9.31. The average molecular weight is 235 g/mol. The molecule has 0 bridgehead atoms. The Morgan fingerprint density at radius 3 is 2.08 bits per heavy atom. The second-order valence-corrected chi connectivity index (χ2v) is 4.40. The molecule has 0 aliphatic rings. The van der Waals surface area contributed by atoms with E-state index in [9.17, 15) is 21.6 Å². The smallest absolute Gasteiger partial charge is 0.430 e. The van der Waals surface area contributed by atoms with Gasteiger partial charge in [-0.2, -0.15) is 22.3 Å². The Hall–Kier alpha value is -0.950. The van der Waals surface area contributed by atoms with E-state index in [1.54, 1.807) is 0 Å². The van der Waals surface area contributed by atoms with Crippen LogP contribution in [0.2, 0.25) is 0 Å². The van der Waals surface area contributed by atoms with Gasteiger partial charge in [-0.1, -0.05) is 4.13 Å². The molecule has 0 aliphatic heterocycles. The van der Waals surface area contributed by atoms with E-state index in [0.717, 1.165) is 9.61 Å². The van der Waals surface area contributed by atoms with E-state index in [1.165, 1.54) is 0 Å². The predicted octanol–water partition coefficient (Wildman–Crippen LogP) is -2.78. The minimum absolute atomic E-state index is 0.825. The third-order valence-electron chi connectivity index (χ3n) is 0.457. The first-order valence-electron chi connectivity index (χ1n) is 2.36. The first-order chi connectivity index (χ1) is 5.62. The first kappa shape index (κ1) is 12.0. The van der Waals surface area contributed by atoms with E-state index in [2.05, 4.69) is 9.42 Å². The van der Waals surface area contributed by atoms with E-state index in [4.69, 9.17) is 5.11 Å². The zero-order valence-electron chi connectivity index (χ0n) is 5.79. The lowest BCUT2D eigenvalue weighted by atomic mass is 11.3.